The van der Waals surface area contributed by atoms with Gasteiger partial charge in [-0.2, -0.15) is 0 Å². The van der Waals surface area contributed by atoms with E-state index in [0.717, 1.165) is 0 Å². The summed E-state index contributed by atoms with van der Waals surface area (Å²) < 4.78 is 10.2. The van der Waals surface area contributed by atoms with Gasteiger partial charge in [0.15, 0.2) is 0 Å². The van der Waals surface area contributed by atoms with Crippen molar-refractivity contribution < 1.29 is 19.2 Å². The quantitative estimate of drug-likeness (QED) is 0.499. The second-order valence-corrected chi connectivity index (χ2v) is 4.90. The first-order valence-electron chi connectivity index (χ1n) is 5.22. The van der Waals surface area contributed by atoms with Gasteiger partial charge in [0, 0.05) is 6.07 Å². The van der Waals surface area contributed by atoms with Gasteiger partial charge in [-0.05, 0) is 28.9 Å². The molecule has 0 aromatic heterocycles. The summed E-state index contributed by atoms with van der Waals surface area (Å²) in [5.74, 6) is -0.643. The minimum Gasteiger partial charge on any atom is -0.483 e. The van der Waals surface area contributed by atoms with Crippen LogP contribution in [0.1, 0.15) is 6.92 Å². The number of hydrogen-bond acceptors (Lipinski definition) is 6. The van der Waals surface area contributed by atoms with E-state index in [4.69, 9.17) is 10.5 Å². The first kappa shape index (κ1) is 15.4. The fourth-order valence-corrected chi connectivity index (χ4v) is 1.77. The van der Waals surface area contributed by atoms with Gasteiger partial charge < -0.3 is 15.2 Å². The number of nitrogens with zero attached hydrogens (tertiary/aromatic N) is 1. The van der Waals surface area contributed by atoms with Crippen molar-refractivity contribution >= 4 is 27.6 Å². The summed E-state index contributed by atoms with van der Waals surface area (Å²) >= 11 is 3.15. The molecule has 1 aromatic carbocycles. The third-order valence-electron chi connectivity index (χ3n) is 2.31. The number of ether oxygens (including phenoxy) is 2. The minimum atomic E-state index is -1.39. The Morgan fingerprint density at radius 1 is 1.58 bits per heavy atom. The number of methoxy groups -OCH3 is 1. The van der Waals surface area contributed by atoms with E-state index in [9.17, 15) is 14.9 Å². The molecule has 7 nitrogen and oxygen atoms in total. The molecule has 1 rings (SSSR count). The number of nitrogens with two attached hydrogens (primary N) is 1. The van der Waals surface area contributed by atoms with Gasteiger partial charge >= 0.3 is 11.7 Å². The number of carbonyl (C=O) groups excluding carboxylic acids is 1. The molecule has 0 radical (unpaired) electrons. The fraction of sp³-hybridized carbons (Fsp3) is 0.364. The van der Waals surface area contributed by atoms with Gasteiger partial charge in [0.1, 0.15) is 12.1 Å². The van der Waals surface area contributed by atoms with E-state index < -0.39 is 16.4 Å². The Hall–Kier alpha value is -1.67. The Morgan fingerprint density at radius 3 is 2.74 bits per heavy atom. The lowest BCUT2D eigenvalue weighted by Gasteiger charge is -2.21. The summed E-state index contributed by atoms with van der Waals surface area (Å²) in [5.41, 5.74) is 4.11. The second-order valence-electron chi connectivity index (χ2n) is 4.04. The van der Waals surface area contributed by atoms with E-state index in [0.29, 0.717) is 4.47 Å². The molecule has 0 spiro atoms. The van der Waals surface area contributed by atoms with Crippen LogP contribution in [0, 0.1) is 10.1 Å². The van der Waals surface area contributed by atoms with E-state index in [1.54, 1.807) is 6.07 Å². The summed E-state index contributed by atoms with van der Waals surface area (Å²) in [5, 5.41) is 10.9. The zero-order chi connectivity index (χ0) is 14.6. The molecular weight excluding hydrogens is 320 g/mol. The molecule has 0 amide bonds. The molecule has 0 aliphatic rings. The molecule has 2 N–H and O–H groups in total. The van der Waals surface area contributed by atoms with Crippen LogP contribution in [0.25, 0.3) is 0 Å². The predicted molar refractivity (Wildman–Crippen MR) is 70.9 cm³/mol. The number of hydrogen-bond donors (Lipinski definition) is 1. The number of esters is 1. The summed E-state index contributed by atoms with van der Waals surface area (Å²) in [6.45, 7) is 1.17. The molecule has 0 heterocycles. The van der Waals surface area contributed by atoms with Gasteiger partial charge in [0.05, 0.1) is 16.5 Å². The maximum atomic E-state index is 11.4. The normalized spacial score (nSPS) is 13.5. The molecule has 0 aliphatic heterocycles. The highest BCUT2D eigenvalue weighted by Crippen LogP contribution is 2.35. The highest BCUT2D eigenvalue weighted by molar-refractivity contribution is 9.10. The van der Waals surface area contributed by atoms with Crippen molar-refractivity contribution in [3.05, 3.63) is 32.8 Å². The molecular formula is C11H13BrN2O5. The minimum absolute atomic E-state index is 0.0214. The van der Waals surface area contributed by atoms with Crippen LogP contribution < -0.4 is 10.5 Å². The zero-order valence-electron chi connectivity index (χ0n) is 10.4. The number of rotatable bonds is 5. The summed E-state index contributed by atoms with van der Waals surface area (Å²) in [6.07, 6.45) is 0. The highest BCUT2D eigenvalue weighted by atomic mass is 79.9. The van der Waals surface area contributed by atoms with E-state index in [-0.39, 0.29) is 18.0 Å². The van der Waals surface area contributed by atoms with Crippen LogP contribution in [-0.2, 0) is 9.53 Å². The highest BCUT2D eigenvalue weighted by Gasteiger charge is 2.32. The lowest BCUT2D eigenvalue weighted by Crippen LogP contribution is -2.50. The largest absolute Gasteiger partial charge is 0.483 e. The molecule has 104 valence electrons. The van der Waals surface area contributed by atoms with Crippen LogP contribution in [0.2, 0.25) is 0 Å². The molecule has 1 atom stereocenters. The van der Waals surface area contributed by atoms with Crippen LogP contribution in [0.15, 0.2) is 22.7 Å². The Kier molecular flexibility index (Phi) is 4.84. The van der Waals surface area contributed by atoms with Crippen molar-refractivity contribution in [1.29, 1.82) is 0 Å². The van der Waals surface area contributed by atoms with Gasteiger partial charge in [-0.25, -0.2) is 4.79 Å². The molecule has 8 heteroatoms. The van der Waals surface area contributed by atoms with Crippen LogP contribution in [0.3, 0.4) is 0 Å². The first-order chi connectivity index (χ1) is 8.79. The average molecular weight is 333 g/mol. The van der Waals surface area contributed by atoms with Gasteiger partial charge in [-0.3, -0.25) is 10.1 Å². The predicted octanol–water partition coefficient (Wildman–Crippen LogP) is 1.63. The Labute approximate surface area is 118 Å². The number of nitro groups is 1. The lowest BCUT2D eigenvalue weighted by molar-refractivity contribution is -0.386. The van der Waals surface area contributed by atoms with Gasteiger partial charge in [-0.1, -0.05) is 6.07 Å². The van der Waals surface area contributed by atoms with E-state index in [1.165, 1.54) is 26.2 Å². The smallest absolute Gasteiger partial charge is 0.329 e. The topological polar surface area (TPSA) is 105 Å². The monoisotopic (exact) mass is 332 g/mol. The maximum Gasteiger partial charge on any atom is 0.329 e. The van der Waals surface area contributed by atoms with E-state index >= 15 is 0 Å². The van der Waals surface area contributed by atoms with E-state index in [2.05, 4.69) is 20.7 Å². The molecule has 19 heavy (non-hydrogen) atoms. The third-order valence-corrected chi connectivity index (χ3v) is 2.94. The van der Waals surface area contributed by atoms with Gasteiger partial charge in [-0.15, -0.1) is 0 Å². The third kappa shape index (κ3) is 3.65. The molecule has 0 bridgehead atoms. The number of nitro benzene ring substituents is 1. The fourth-order valence-electron chi connectivity index (χ4n) is 1.30. The van der Waals surface area contributed by atoms with Crippen LogP contribution in [0.4, 0.5) is 5.69 Å². The Morgan fingerprint density at radius 2 is 2.21 bits per heavy atom. The van der Waals surface area contributed by atoms with E-state index in [1.807, 2.05) is 0 Å². The Balaban J connectivity index is 2.95. The van der Waals surface area contributed by atoms with Crippen LogP contribution in [0.5, 0.6) is 5.75 Å². The Bertz CT molecular complexity index is 504. The molecule has 0 fully saturated rings. The van der Waals surface area contributed by atoms with Gasteiger partial charge in [0.25, 0.3) is 0 Å². The van der Waals surface area contributed by atoms with Crippen molar-refractivity contribution in [1.82, 2.24) is 0 Å². The van der Waals surface area contributed by atoms with Crippen molar-refractivity contribution in [3.8, 4) is 5.75 Å². The van der Waals surface area contributed by atoms with Crippen molar-refractivity contribution in [2.45, 2.75) is 12.5 Å². The second kappa shape index (κ2) is 5.98. The molecule has 0 aliphatic carbocycles. The van der Waals surface area contributed by atoms with Crippen molar-refractivity contribution in [3.63, 3.8) is 0 Å². The van der Waals surface area contributed by atoms with Crippen molar-refractivity contribution in [2.75, 3.05) is 13.7 Å². The molecule has 1 unspecified atom stereocenters. The summed E-state index contributed by atoms with van der Waals surface area (Å²) in [6, 6.07) is 4.40. The standard InChI is InChI=1S/C11H13BrN2O5/c1-11(13,10(15)18-2)6-19-9-7(12)4-3-5-8(9)14(16)17/h3-5H,6,13H2,1-2H3. The average Bonchev–Trinajstić information content (AvgIpc) is 2.35. The van der Waals surface area contributed by atoms with Crippen molar-refractivity contribution in [2.24, 2.45) is 5.73 Å². The zero-order valence-corrected chi connectivity index (χ0v) is 12.0. The molecule has 0 saturated heterocycles. The van der Waals surface area contributed by atoms with Gasteiger partial charge in [0.2, 0.25) is 5.75 Å². The molecule has 1 aromatic rings. The SMILES string of the molecule is COC(=O)C(C)(N)COc1c(Br)cccc1[N+](=O)[O-]. The number of carbonyl (C=O) groups is 1. The number of halogens is 1. The van der Waals surface area contributed by atoms with Crippen LogP contribution >= 0.6 is 15.9 Å². The number of para-hydroxylation sites is 1. The number of benzene rings is 1. The van der Waals surface area contributed by atoms with Crippen LogP contribution in [-0.4, -0.2) is 30.1 Å². The maximum absolute atomic E-state index is 11.4. The first-order valence-corrected chi connectivity index (χ1v) is 6.02. The summed E-state index contributed by atoms with van der Waals surface area (Å²) in [7, 11) is 1.20. The summed E-state index contributed by atoms with van der Waals surface area (Å²) in [4.78, 5) is 21.7. The molecule has 0 saturated carbocycles. The lowest BCUT2D eigenvalue weighted by atomic mass is 10.1.